The van der Waals surface area contributed by atoms with Gasteiger partial charge < -0.3 is 9.38 Å². The normalized spacial score (nSPS) is 14.3. The van der Waals surface area contributed by atoms with Crippen molar-refractivity contribution < 1.29 is 9.05 Å². The molecule has 0 atom stereocenters. The molecule has 0 amide bonds. The Morgan fingerprint density at radius 1 is 0.682 bits per heavy atom. The average Bonchev–Trinajstić information content (AvgIpc) is 3.41. The van der Waals surface area contributed by atoms with Crippen molar-refractivity contribution >= 4 is 23.5 Å². The second-order valence-corrected chi connectivity index (χ2v) is 14.0. The van der Waals surface area contributed by atoms with Gasteiger partial charge in [-0.3, -0.25) is 0 Å². The van der Waals surface area contributed by atoms with Gasteiger partial charge in [0, 0.05) is 23.6 Å². The Morgan fingerprint density at radius 3 is 1.84 bits per heavy atom. The Hall–Kier alpha value is -2.04. The molecule has 1 aliphatic heterocycles. The van der Waals surface area contributed by atoms with Gasteiger partial charge in [-0.05, 0) is 51.0 Å². The third-order valence-corrected chi connectivity index (χ3v) is 11.0. The van der Waals surface area contributed by atoms with E-state index in [1.54, 1.807) is 0 Å². The van der Waals surface area contributed by atoms with Crippen LogP contribution in [0.5, 0.6) is 0 Å². The van der Waals surface area contributed by atoms with Crippen LogP contribution in [0.1, 0.15) is 130 Å². The van der Waals surface area contributed by atoms with Crippen molar-refractivity contribution in [2.24, 2.45) is 0 Å². The number of quaternary nitrogens is 1. The largest absolute Gasteiger partial charge is 0.335 e. The fourth-order valence-corrected chi connectivity index (χ4v) is 7.68. The predicted octanol–water partition coefficient (Wildman–Crippen LogP) is 11.2. The first kappa shape index (κ1) is 36.4. The molecule has 4 heteroatoms. The first-order valence-electron chi connectivity index (χ1n) is 18.4. The number of hydrogen-bond donors (Lipinski definition) is 0. The molecule has 0 unspecified atom stereocenters. The molecule has 1 aromatic carbocycles. The van der Waals surface area contributed by atoms with E-state index in [2.05, 4.69) is 104 Å². The van der Waals surface area contributed by atoms with Gasteiger partial charge in [0.15, 0.2) is 18.9 Å². The molecule has 0 bridgehead atoms. The van der Waals surface area contributed by atoms with E-state index >= 15 is 0 Å². The second-order valence-electron chi connectivity index (χ2n) is 12.9. The van der Waals surface area contributed by atoms with Crippen LogP contribution < -0.4 is 9.47 Å². The van der Waals surface area contributed by atoms with Crippen LogP contribution in [0.25, 0.3) is 6.08 Å². The number of para-hydroxylation sites is 1. The van der Waals surface area contributed by atoms with Crippen LogP contribution in [-0.2, 0) is 6.54 Å². The van der Waals surface area contributed by atoms with Crippen molar-refractivity contribution in [3.05, 3.63) is 71.5 Å². The maximum Gasteiger partial charge on any atom is 0.169 e. The number of rotatable bonds is 24. The summed E-state index contributed by atoms with van der Waals surface area (Å²) in [7, 11) is 0. The van der Waals surface area contributed by atoms with E-state index in [9.17, 15) is 0 Å². The molecule has 3 rings (SSSR count). The fourth-order valence-electron chi connectivity index (χ4n) is 6.58. The summed E-state index contributed by atoms with van der Waals surface area (Å²) >= 11 is 1.91. The van der Waals surface area contributed by atoms with Crippen LogP contribution in [-0.4, -0.2) is 37.2 Å². The van der Waals surface area contributed by atoms with E-state index in [0.717, 1.165) is 13.1 Å². The summed E-state index contributed by atoms with van der Waals surface area (Å²) in [6.07, 6.45) is 32.2. The second kappa shape index (κ2) is 21.7. The van der Waals surface area contributed by atoms with E-state index in [-0.39, 0.29) is 0 Å². The molecule has 0 N–H and O–H groups in total. The third kappa shape index (κ3) is 12.8. The van der Waals surface area contributed by atoms with Gasteiger partial charge in [-0.15, -0.1) is 0 Å². The maximum atomic E-state index is 2.55. The Labute approximate surface area is 276 Å². The standard InChI is InChI=1S/C40H65N3S/c1-5-9-10-11-12-13-14-15-16-17-18-19-20-23-33-42-38-27-21-22-28-39(38)44-40(42)29-24-26-37-30-34-41(35-31-37)32-25-36-43(6-2,7-3)8-4/h21-22,24,26-31,34-35H,5-20,23,25,32-33,36H2,1-4H3/q+2. The molecule has 0 saturated heterocycles. The summed E-state index contributed by atoms with van der Waals surface area (Å²) in [5.74, 6) is 0. The van der Waals surface area contributed by atoms with Crippen LogP contribution >= 0.6 is 11.8 Å². The highest BCUT2D eigenvalue weighted by atomic mass is 32.2. The molecule has 2 aromatic rings. The van der Waals surface area contributed by atoms with Crippen LogP contribution in [0.4, 0.5) is 5.69 Å². The topological polar surface area (TPSA) is 7.12 Å². The molecule has 44 heavy (non-hydrogen) atoms. The third-order valence-electron chi connectivity index (χ3n) is 9.88. The molecule has 3 nitrogen and oxygen atoms in total. The van der Waals surface area contributed by atoms with Crippen LogP contribution in [0.15, 0.2) is 70.9 Å². The van der Waals surface area contributed by atoms with Gasteiger partial charge in [0.25, 0.3) is 0 Å². The molecule has 0 fully saturated rings. The fraction of sp³-hybridized carbons (Fsp3) is 0.625. The highest BCUT2D eigenvalue weighted by Gasteiger charge is 2.24. The quantitative estimate of drug-likeness (QED) is 0.0655. The Balaban J connectivity index is 1.38. The zero-order chi connectivity index (χ0) is 31.3. The number of thioether (sulfide) groups is 1. The van der Waals surface area contributed by atoms with Gasteiger partial charge >= 0.3 is 0 Å². The lowest BCUT2D eigenvalue weighted by Gasteiger charge is -2.35. The Morgan fingerprint density at radius 2 is 1.25 bits per heavy atom. The minimum atomic E-state index is 1.09. The van der Waals surface area contributed by atoms with E-state index < -0.39 is 0 Å². The average molecular weight is 620 g/mol. The SMILES string of the molecule is CCCCCCCCCCCCCCCCN1C(=CC=Cc2cc[n+](CCC[N+](CC)(CC)CC)cc2)Sc2ccccc21. The van der Waals surface area contributed by atoms with Crippen molar-refractivity contribution in [2.45, 2.75) is 135 Å². The van der Waals surface area contributed by atoms with Crippen LogP contribution in [0, 0.1) is 0 Å². The molecule has 0 aliphatic carbocycles. The molecule has 0 radical (unpaired) electrons. The summed E-state index contributed by atoms with van der Waals surface area (Å²) in [5.41, 5.74) is 2.64. The summed E-state index contributed by atoms with van der Waals surface area (Å²) in [4.78, 5) is 3.93. The highest BCUT2D eigenvalue weighted by molar-refractivity contribution is 8.03. The van der Waals surface area contributed by atoms with E-state index in [4.69, 9.17) is 0 Å². The number of aryl methyl sites for hydroxylation is 1. The zero-order valence-electron chi connectivity index (χ0n) is 28.9. The molecular weight excluding hydrogens is 555 g/mol. The predicted molar refractivity (Wildman–Crippen MR) is 195 cm³/mol. The molecule has 244 valence electrons. The number of aromatic nitrogens is 1. The maximum absolute atomic E-state index is 2.55. The summed E-state index contributed by atoms with van der Waals surface area (Å²) < 4.78 is 3.57. The van der Waals surface area contributed by atoms with Crippen molar-refractivity contribution in [3.8, 4) is 0 Å². The molecule has 0 spiro atoms. The monoisotopic (exact) mass is 619 g/mol. The molecule has 2 heterocycles. The lowest BCUT2D eigenvalue weighted by Crippen LogP contribution is -2.49. The first-order valence-corrected chi connectivity index (χ1v) is 19.2. The lowest BCUT2D eigenvalue weighted by molar-refractivity contribution is -0.925. The van der Waals surface area contributed by atoms with Gasteiger partial charge in [-0.25, -0.2) is 4.57 Å². The number of allylic oxidation sites excluding steroid dienone is 2. The van der Waals surface area contributed by atoms with Crippen LogP contribution in [0.2, 0.25) is 0 Å². The number of benzene rings is 1. The molecule has 0 saturated carbocycles. The first-order chi connectivity index (χ1) is 21.6. The van der Waals surface area contributed by atoms with Gasteiger partial charge in [0.2, 0.25) is 0 Å². The van der Waals surface area contributed by atoms with Crippen molar-refractivity contribution in [3.63, 3.8) is 0 Å². The van der Waals surface area contributed by atoms with Gasteiger partial charge in [-0.1, -0.05) is 126 Å². The van der Waals surface area contributed by atoms with E-state index in [1.165, 1.54) is 148 Å². The van der Waals surface area contributed by atoms with Gasteiger partial charge in [0.05, 0.1) is 43.3 Å². The number of anilines is 1. The zero-order valence-corrected chi connectivity index (χ0v) is 29.8. The highest BCUT2D eigenvalue weighted by Crippen LogP contribution is 2.45. The van der Waals surface area contributed by atoms with Crippen molar-refractivity contribution in [2.75, 3.05) is 37.6 Å². The van der Waals surface area contributed by atoms with Gasteiger partial charge in [0.1, 0.15) is 0 Å². The number of unbranched alkanes of at least 4 members (excludes halogenated alkanes) is 13. The molecule has 1 aliphatic rings. The van der Waals surface area contributed by atoms with Crippen molar-refractivity contribution in [1.82, 2.24) is 0 Å². The van der Waals surface area contributed by atoms with E-state index in [0.29, 0.717) is 0 Å². The van der Waals surface area contributed by atoms with Crippen LogP contribution in [0.3, 0.4) is 0 Å². The van der Waals surface area contributed by atoms with E-state index in [1.807, 2.05) is 11.8 Å². The summed E-state index contributed by atoms with van der Waals surface area (Å²) in [6.45, 7) is 16.5. The number of pyridine rings is 1. The molecule has 1 aromatic heterocycles. The van der Waals surface area contributed by atoms with Crippen molar-refractivity contribution in [1.29, 1.82) is 0 Å². The number of nitrogens with zero attached hydrogens (tertiary/aromatic N) is 3. The minimum Gasteiger partial charge on any atom is -0.335 e. The lowest BCUT2D eigenvalue weighted by atomic mass is 10.0. The Bertz CT molecular complexity index is 1080. The number of fused-ring (bicyclic) bond motifs is 1. The Kier molecular flexibility index (Phi) is 17.9. The summed E-state index contributed by atoms with van der Waals surface area (Å²) in [6, 6.07) is 13.4. The minimum absolute atomic E-state index is 1.09. The molecular formula is C40H65N3S+2. The van der Waals surface area contributed by atoms with Gasteiger partial charge in [-0.2, -0.15) is 0 Å². The smallest absolute Gasteiger partial charge is 0.169 e. The number of hydrogen-bond acceptors (Lipinski definition) is 2. The summed E-state index contributed by atoms with van der Waals surface area (Å²) in [5, 5.41) is 1.35.